The molecule has 1 aliphatic heterocycles. The zero-order valence-corrected chi connectivity index (χ0v) is 18.8. The van der Waals surface area contributed by atoms with Gasteiger partial charge >= 0.3 is 0 Å². The van der Waals surface area contributed by atoms with Gasteiger partial charge in [0.25, 0.3) is 0 Å². The highest BCUT2D eigenvalue weighted by Crippen LogP contribution is 2.41. The van der Waals surface area contributed by atoms with Crippen LogP contribution in [0.25, 0.3) is 5.70 Å². The average molecular weight is 438 g/mol. The van der Waals surface area contributed by atoms with Crippen LogP contribution in [0.5, 0.6) is 0 Å². The van der Waals surface area contributed by atoms with E-state index in [1.807, 2.05) is 56.3 Å². The number of nitrogens with zero attached hydrogens (tertiary/aromatic N) is 4. The van der Waals surface area contributed by atoms with Crippen LogP contribution in [0.3, 0.4) is 0 Å². The van der Waals surface area contributed by atoms with E-state index in [4.69, 9.17) is 16.1 Å². The third kappa shape index (κ3) is 3.86. The van der Waals surface area contributed by atoms with Gasteiger partial charge in [0.1, 0.15) is 23.8 Å². The molecule has 2 aromatic carbocycles. The number of hydrogen-bond donors (Lipinski definition) is 3. The highest BCUT2D eigenvalue weighted by atomic mass is 15.3. The minimum atomic E-state index is -0.186. The highest BCUT2D eigenvalue weighted by Gasteiger charge is 2.38. The van der Waals surface area contributed by atoms with E-state index in [9.17, 15) is 0 Å². The third-order valence-corrected chi connectivity index (χ3v) is 6.07. The van der Waals surface area contributed by atoms with Gasteiger partial charge in [0.05, 0.1) is 23.0 Å². The topological polar surface area (TPSA) is 103 Å². The normalized spacial score (nSPS) is 16.1. The fraction of sp³-hybridized carbons (Fsp3) is 0.231. The molecule has 0 amide bonds. The van der Waals surface area contributed by atoms with Crippen LogP contribution in [0.1, 0.15) is 42.0 Å². The summed E-state index contributed by atoms with van der Waals surface area (Å²) in [5.41, 5.74) is 11.8. The fourth-order valence-electron chi connectivity index (χ4n) is 4.28. The number of para-hydroxylation sites is 1. The van der Waals surface area contributed by atoms with Crippen LogP contribution in [0.15, 0.2) is 66.4 Å². The molecule has 1 unspecified atom stereocenters. The molecule has 1 aliphatic carbocycles. The van der Waals surface area contributed by atoms with E-state index in [-0.39, 0.29) is 17.6 Å². The molecule has 2 aliphatic rings. The Morgan fingerprint density at radius 2 is 1.97 bits per heavy atom. The van der Waals surface area contributed by atoms with Gasteiger partial charge in [-0.15, -0.1) is 0 Å². The molecule has 2 heterocycles. The van der Waals surface area contributed by atoms with Gasteiger partial charge < -0.3 is 16.0 Å². The predicted octanol–water partition coefficient (Wildman–Crippen LogP) is 4.76. The number of anilines is 2. The summed E-state index contributed by atoms with van der Waals surface area (Å²) in [4.78, 5) is 15.8. The summed E-state index contributed by atoms with van der Waals surface area (Å²) in [7, 11) is 0. The zero-order valence-electron chi connectivity index (χ0n) is 18.8. The Kier molecular flexibility index (Phi) is 5.17. The van der Waals surface area contributed by atoms with Crippen molar-refractivity contribution in [1.82, 2.24) is 14.9 Å². The fourth-order valence-corrected chi connectivity index (χ4v) is 4.28. The molecule has 1 atom stereocenters. The summed E-state index contributed by atoms with van der Waals surface area (Å²) in [5, 5.41) is 12.3. The van der Waals surface area contributed by atoms with Gasteiger partial charge in [0, 0.05) is 22.9 Å². The summed E-state index contributed by atoms with van der Waals surface area (Å²) >= 11 is 0. The molecule has 0 spiro atoms. The van der Waals surface area contributed by atoms with Gasteiger partial charge in [-0.25, -0.2) is 15.0 Å². The molecule has 33 heavy (non-hydrogen) atoms. The Hall–Kier alpha value is -4.00. The molecule has 0 bridgehead atoms. The monoisotopic (exact) mass is 437 g/mol. The molecule has 1 aromatic heterocycles. The number of aliphatic imine (C=N–C) groups is 1. The second kappa shape index (κ2) is 8.16. The van der Waals surface area contributed by atoms with Crippen LogP contribution < -0.4 is 11.1 Å². The number of aromatic nitrogens is 2. The molecule has 166 valence electrons. The number of rotatable bonds is 6. The van der Waals surface area contributed by atoms with Crippen LogP contribution in [-0.4, -0.2) is 38.5 Å². The molecule has 4 N–H and O–H groups in total. The molecular weight excluding hydrogens is 410 g/mol. The van der Waals surface area contributed by atoms with Crippen molar-refractivity contribution < 1.29 is 0 Å². The summed E-state index contributed by atoms with van der Waals surface area (Å²) in [5.74, 6) is 1.68. The Morgan fingerprint density at radius 1 is 1.18 bits per heavy atom. The SMILES string of the molecule is C=C1c2ccccc2N=C(C(C)Nc2ncnc(N)c2C(=N)c2cccc(C)c2)N1C1CC1. The second-order valence-electron chi connectivity index (χ2n) is 8.63. The Bertz CT molecular complexity index is 1290. The molecule has 3 aromatic rings. The van der Waals surface area contributed by atoms with Gasteiger partial charge in [0.2, 0.25) is 0 Å². The van der Waals surface area contributed by atoms with Crippen molar-refractivity contribution in [3.05, 3.63) is 83.7 Å². The van der Waals surface area contributed by atoms with Crippen molar-refractivity contribution in [1.29, 1.82) is 5.41 Å². The Labute approximate surface area is 193 Å². The van der Waals surface area contributed by atoms with Crippen LogP contribution in [0.2, 0.25) is 0 Å². The molecule has 7 nitrogen and oxygen atoms in total. The molecule has 0 saturated heterocycles. The van der Waals surface area contributed by atoms with E-state index in [1.165, 1.54) is 6.33 Å². The minimum Gasteiger partial charge on any atom is -0.383 e. The van der Waals surface area contributed by atoms with Crippen LogP contribution in [0, 0.1) is 12.3 Å². The van der Waals surface area contributed by atoms with Gasteiger partial charge in [-0.2, -0.15) is 0 Å². The highest BCUT2D eigenvalue weighted by molar-refractivity contribution is 6.16. The van der Waals surface area contributed by atoms with E-state index in [2.05, 4.69) is 32.8 Å². The van der Waals surface area contributed by atoms with Crippen LogP contribution in [0.4, 0.5) is 17.3 Å². The van der Waals surface area contributed by atoms with Crippen LogP contribution >= 0.6 is 0 Å². The maximum absolute atomic E-state index is 8.83. The van der Waals surface area contributed by atoms with E-state index in [0.717, 1.165) is 46.8 Å². The van der Waals surface area contributed by atoms with Gasteiger partial charge in [0.15, 0.2) is 0 Å². The maximum Gasteiger partial charge on any atom is 0.141 e. The Balaban J connectivity index is 1.51. The summed E-state index contributed by atoms with van der Waals surface area (Å²) in [6.45, 7) is 8.43. The quantitative estimate of drug-likeness (QED) is 0.482. The van der Waals surface area contributed by atoms with Crippen molar-refractivity contribution >= 4 is 34.6 Å². The molecule has 1 saturated carbocycles. The molecule has 0 radical (unpaired) electrons. The number of benzene rings is 2. The number of hydrogen-bond acceptors (Lipinski definition) is 7. The average Bonchev–Trinajstić information content (AvgIpc) is 3.64. The Morgan fingerprint density at radius 3 is 2.73 bits per heavy atom. The number of nitrogen functional groups attached to an aromatic ring is 1. The number of amidine groups is 1. The first kappa shape index (κ1) is 20.9. The van der Waals surface area contributed by atoms with E-state index in [0.29, 0.717) is 17.4 Å². The molecule has 5 rings (SSSR count). The minimum absolute atomic E-state index is 0.186. The molecular formula is C26H27N7. The maximum atomic E-state index is 8.83. The van der Waals surface area contributed by atoms with Gasteiger partial charge in [-0.3, -0.25) is 5.41 Å². The standard InChI is InChI=1S/C26H27N7/c1-15-7-6-8-18(13-15)23(27)22-24(28)29-14-30-25(22)31-16(2)26-32-21-10-5-4-9-20(21)17(3)33(26)19-11-12-19/h4-10,13-14,16,19,27H,3,11-12H2,1-2H3,(H3,28,29,30,31). The molecule has 1 fully saturated rings. The molecule has 7 heteroatoms. The summed E-state index contributed by atoms with van der Waals surface area (Å²) in [6, 6.07) is 16.1. The first-order valence-electron chi connectivity index (χ1n) is 11.1. The lowest BCUT2D eigenvalue weighted by molar-refractivity contribution is 0.549. The third-order valence-electron chi connectivity index (χ3n) is 6.07. The lowest BCUT2D eigenvalue weighted by Gasteiger charge is -2.35. The van der Waals surface area contributed by atoms with Crippen molar-refractivity contribution in [2.24, 2.45) is 4.99 Å². The van der Waals surface area contributed by atoms with Crippen molar-refractivity contribution in [2.45, 2.75) is 38.8 Å². The summed E-state index contributed by atoms with van der Waals surface area (Å²) in [6.07, 6.45) is 3.67. The van der Waals surface area contributed by atoms with Crippen molar-refractivity contribution in [2.75, 3.05) is 11.1 Å². The predicted molar refractivity (Wildman–Crippen MR) is 134 cm³/mol. The van der Waals surface area contributed by atoms with Gasteiger partial charge in [-0.05, 0) is 38.8 Å². The zero-order chi connectivity index (χ0) is 23.1. The van der Waals surface area contributed by atoms with Crippen LogP contribution in [-0.2, 0) is 0 Å². The number of nitrogens with one attached hydrogen (secondary N) is 2. The lowest BCUT2D eigenvalue weighted by Crippen LogP contribution is -2.43. The van der Waals surface area contributed by atoms with E-state index in [1.54, 1.807) is 0 Å². The number of nitrogens with two attached hydrogens (primary N) is 1. The van der Waals surface area contributed by atoms with E-state index < -0.39 is 0 Å². The van der Waals surface area contributed by atoms with Crippen molar-refractivity contribution in [3.63, 3.8) is 0 Å². The summed E-state index contributed by atoms with van der Waals surface area (Å²) < 4.78 is 0. The first-order valence-corrected chi connectivity index (χ1v) is 11.1. The van der Waals surface area contributed by atoms with Gasteiger partial charge in [-0.1, -0.05) is 48.5 Å². The second-order valence-corrected chi connectivity index (χ2v) is 8.63. The number of fused-ring (bicyclic) bond motifs is 1. The smallest absolute Gasteiger partial charge is 0.141 e. The van der Waals surface area contributed by atoms with E-state index >= 15 is 0 Å². The van der Waals surface area contributed by atoms with Crippen molar-refractivity contribution in [3.8, 4) is 0 Å². The first-order chi connectivity index (χ1) is 15.9. The largest absolute Gasteiger partial charge is 0.383 e. The number of aryl methyl sites for hydroxylation is 1. The lowest BCUT2D eigenvalue weighted by atomic mass is 10.0.